The van der Waals surface area contributed by atoms with Crippen molar-refractivity contribution in [3.05, 3.63) is 0 Å². The molecule has 1 unspecified atom stereocenters. The van der Waals surface area contributed by atoms with Crippen LogP contribution < -0.4 is 5.73 Å². The molecule has 98 valence electrons. The van der Waals surface area contributed by atoms with Gasteiger partial charge in [0.25, 0.3) is 0 Å². The fourth-order valence-electron chi connectivity index (χ4n) is 2.08. The summed E-state index contributed by atoms with van der Waals surface area (Å²) in [5.41, 5.74) is 6.10. The van der Waals surface area contributed by atoms with Crippen LogP contribution in [0.3, 0.4) is 0 Å². The summed E-state index contributed by atoms with van der Waals surface area (Å²) in [4.78, 5) is 4.77. The second kappa shape index (κ2) is 7.25. The van der Waals surface area contributed by atoms with Crippen LogP contribution in [0.2, 0.25) is 0 Å². The Morgan fingerprint density at radius 1 is 1.19 bits per heavy atom. The Morgan fingerprint density at radius 2 is 1.75 bits per heavy atom. The van der Waals surface area contributed by atoms with Crippen LogP contribution in [-0.4, -0.2) is 55.6 Å². The van der Waals surface area contributed by atoms with Gasteiger partial charge in [0.15, 0.2) is 0 Å². The molecule has 0 rings (SSSR count). The molecule has 0 aromatic heterocycles. The lowest BCUT2D eigenvalue weighted by Crippen LogP contribution is -2.55. The molecule has 0 aromatic rings. The molecule has 0 aliphatic heterocycles. The van der Waals surface area contributed by atoms with Gasteiger partial charge in [0.2, 0.25) is 0 Å². The molecule has 0 aromatic carbocycles. The molecule has 3 nitrogen and oxygen atoms in total. The van der Waals surface area contributed by atoms with Crippen LogP contribution >= 0.6 is 0 Å². The molecule has 0 aliphatic carbocycles. The van der Waals surface area contributed by atoms with E-state index in [4.69, 9.17) is 5.73 Å². The van der Waals surface area contributed by atoms with Crippen molar-refractivity contribution in [2.45, 2.75) is 39.7 Å². The van der Waals surface area contributed by atoms with Gasteiger partial charge >= 0.3 is 0 Å². The van der Waals surface area contributed by atoms with Gasteiger partial charge in [0.05, 0.1) is 0 Å². The molecule has 1 atom stereocenters. The molecule has 2 N–H and O–H groups in total. The summed E-state index contributed by atoms with van der Waals surface area (Å²) in [6, 6.07) is 0. The maximum atomic E-state index is 5.96. The molecule has 0 spiro atoms. The minimum absolute atomic E-state index is 0.140. The molecular formula is C13H31N3. The van der Waals surface area contributed by atoms with Gasteiger partial charge in [0, 0.05) is 12.1 Å². The maximum Gasteiger partial charge on any atom is 0.0326 e. The number of likely N-dealkylation sites (N-methyl/N-ethyl adjacent to an activating group) is 1. The molecule has 0 aliphatic rings. The molecule has 0 fully saturated rings. The summed E-state index contributed by atoms with van der Waals surface area (Å²) in [5, 5.41) is 0. The van der Waals surface area contributed by atoms with Gasteiger partial charge < -0.3 is 10.6 Å². The average Bonchev–Trinajstić information content (AvgIpc) is 2.22. The predicted molar refractivity (Wildman–Crippen MR) is 72.7 cm³/mol. The smallest absolute Gasteiger partial charge is 0.0326 e. The summed E-state index contributed by atoms with van der Waals surface area (Å²) >= 11 is 0. The molecule has 0 radical (unpaired) electrons. The fourth-order valence-corrected chi connectivity index (χ4v) is 2.08. The van der Waals surface area contributed by atoms with E-state index in [2.05, 4.69) is 51.6 Å². The third kappa shape index (κ3) is 4.40. The number of hydrogen-bond acceptors (Lipinski definition) is 3. The van der Waals surface area contributed by atoms with Crippen molar-refractivity contribution in [1.82, 2.24) is 9.80 Å². The topological polar surface area (TPSA) is 32.5 Å². The van der Waals surface area contributed by atoms with Gasteiger partial charge in [-0.2, -0.15) is 0 Å². The fraction of sp³-hybridized carbons (Fsp3) is 1.00. The monoisotopic (exact) mass is 229 g/mol. The van der Waals surface area contributed by atoms with Crippen molar-refractivity contribution in [2.75, 3.05) is 40.3 Å². The molecule has 0 amide bonds. The zero-order chi connectivity index (χ0) is 12.8. The highest BCUT2D eigenvalue weighted by atomic mass is 15.2. The lowest BCUT2D eigenvalue weighted by molar-refractivity contribution is 0.0693. The average molecular weight is 229 g/mol. The normalized spacial score (nSPS) is 16.1. The van der Waals surface area contributed by atoms with Gasteiger partial charge in [-0.3, -0.25) is 4.90 Å². The Labute approximate surface area is 102 Å². The molecular weight excluding hydrogens is 198 g/mol. The quantitative estimate of drug-likeness (QED) is 0.687. The number of nitrogens with two attached hydrogens (primary N) is 1. The first-order valence-electron chi connectivity index (χ1n) is 6.48. The standard InChI is InChI=1S/C13H31N3/c1-7-16(10-8-9-15(5)6)13(4,11-14)12(2)3/h12H,7-11,14H2,1-6H3. The molecule has 0 bridgehead atoms. The minimum atomic E-state index is 0.140. The van der Waals surface area contributed by atoms with Crippen molar-refractivity contribution in [3.63, 3.8) is 0 Å². The summed E-state index contributed by atoms with van der Waals surface area (Å²) < 4.78 is 0. The first-order chi connectivity index (χ1) is 7.38. The molecule has 3 heteroatoms. The van der Waals surface area contributed by atoms with E-state index in [1.54, 1.807) is 0 Å². The van der Waals surface area contributed by atoms with Crippen LogP contribution in [0.4, 0.5) is 0 Å². The largest absolute Gasteiger partial charge is 0.329 e. The third-order valence-electron chi connectivity index (χ3n) is 3.79. The highest BCUT2D eigenvalue weighted by Crippen LogP contribution is 2.23. The maximum absolute atomic E-state index is 5.96. The molecule has 0 saturated carbocycles. The summed E-state index contributed by atoms with van der Waals surface area (Å²) in [7, 11) is 4.25. The van der Waals surface area contributed by atoms with Crippen LogP contribution in [0.15, 0.2) is 0 Å². The van der Waals surface area contributed by atoms with Gasteiger partial charge in [-0.05, 0) is 53.0 Å². The number of nitrogens with zero attached hydrogens (tertiary/aromatic N) is 2. The highest BCUT2D eigenvalue weighted by molar-refractivity contribution is 4.89. The van der Waals surface area contributed by atoms with Gasteiger partial charge in [-0.1, -0.05) is 20.8 Å². The van der Waals surface area contributed by atoms with Crippen molar-refractivity contribution >= 4 is 0 Å². The van der Waals surface area contributed by atoms with Gasteiger partial charge in [-0.25, -0.2) is 0 Å². The number of rotatable bonds is 8. The van der Waals surface area contributed by atoms with Gasteiger partial charge in [-0.15, -0.1) is 0 Å². The Hall–Kier alpha value is -0.120. The lowest BCUT2D eigenvalue weighted by Gasteiger charge is -2.43. The van der Waals surface area contributed by atoms with E-state index in [1.165, 1.54) is 6.42 Å². The van der Waals surface area contributed by atoms with E-state index in [-0.39, 0.29) is 5.54 Å². The number of hydrogen-bond donors (Lipinski definition) is 1. The molecule has 0 heterocycles. The summed E-state index contributed by atoms with van der Waals surface area (Å²) in [6.07, 6.45) is 1.21. The zero-order valence-corrected chi connectivity index (χ0v) is 12.1. The van der Waals surface area contributed by atoms with Crippen LogP contribution in [0, 0.1) is 5.92 Å². The summed E-state index contributed by atoms with van der Waals surface area (Å²) in [6.45, 7) is 13.2. The van der Waals surface area contributed by atoms with Crippen LogP contribution in [-0.2, 0) is 0 Å². The van der Waals surface area contributed by atoms with E-state index < -0.39 is 0 Å². The van der Waals surface area contributed by atoms with Crippen LogP contribution in [0.5, 0.6) is 0 Å². The van der Waals surface area contributed by atoms with E-state index in [1.807, 2.05) is 0 Å². The van der Waals surface area contributed by atoms with Gasteiger partial charge in [0.1, 0.15) is 0 Å². The Morgan fingerprint density at radius 3 is 2.06 bits per heavy atom. The predicted octanol–water partition coefficient (Wildman–Crippen LogP) is 1.63. The third-order valence-corrected chi connectivity index (χ3v) is 3.79. The van der Waals surface area contributed by atoms with Crippen molar-refractivity contribution in [3.8, 4) is 0 Å². The Bertz CT molecular complexity index is 180. The van der Waals surface area contributed by atoms with Crippen molar-refractivity contribution < 1.29 is 0 Å². The molecule has 0 saturated heterocycles. The van der Waals surface area contributed by atoms with E-state index in [0.29, 0.717) is 5.92 Å². The first kappa shape index (κ1) is 15.9. The first-order valence-corrected chi connectivity index (χ1v) is 6.48. The van der Waals surface area contributed by atoms with E-state index >= 15 is 0 Å². The van der Waals surface area contributed by atoms with E-state index in [0.717, 1.165) is 26.2 Å². The minimum Gasteiger partial charge on any atom is -0.329 e. The highest BCUT2D eigenvalue weighted by Gasteiger charge is 2.32. The zero-order valence-electron chi connectivity index (χ0n) is 12.1. The van der Waals surface area contributed by atoms with Crippen LogP contribution in [0.1, 0.15) is 34.1 Å². The van der Waals surface area contributed by atoms with Crippen molar-refractivity contribution in [1.29, 1.82) is 0 Å². The van der Waals surface area contributed by atoms with Crippen molar-refractivity contribution in [2.24, 2.45) is 11.7 Å². The summed E-state index contributed by atoms with van der Waals surface area (Å²) in [5.74, 6) is 0.594. The Kier molecular flexibility index (Phi) is 7.20. The lowest BCUT2D eigenvalue weighted by atomic mass is 9.86. The van der Waals surface area contributed by atoms with E-state index in [9.17, 15) is 0 Å². The second-order valence-corrected chi connectivity index (χ2v) is 5.45. The Balaban J connectivity index is 4.34. The SMILES string of the molecule is CCN(CCCN(C)C)C(C)(CN)C(C)C. The molecule has 16 heavy (non-hydrogen) atoms. The van der Waals surface area contributed by atoms with Crippen LogP contribution in [0.25, 0.3) is 0 Å². The second-order valence-electron chi connectivity index (χ2n) is 5.45.